The fraction of sp³-hybridized carbons (Fsp3) is 0.429. The van der Waals surface area contributed by atoms with E-state index in [9.17, 15) is 4.79 Å². The molecule has 0 unspecified atom stereocenters. The second-order valence-corrected chi connectivity index (χ2v) is 4.86. The van der Waals surface area contributed by atoms with Gasteiger partial charge in [-0.1, -0.05) is 31.0 Å². The number of benzene rings is 1. The van der Waals surface area contributed by atoms with Crippen LogP contribution in [0.25, 0.3) is 0 Å². The Labute approximate surface area is 118 Å². The molecule has 0 fully saturated rings. The molecule has 19 heavy (non-hydrogen) atoms. The van der Waals surface area contributed by atoms with E-state index >= 15 is 0 Å². The summed E-state index contributed by atoms with van der Waals surface area (Å²) in [6, 6.07) is 7.23. The van der Waals surface area contributed by atoms with Crippen molar-refractivity contribution in [1.29, 1.82) is 5.26 Å². The fourth-order valence-electron chi connectivity index (χ4n) is 1.80. The summed E-state index contributed by atoms with van der Waals surface area (Å²) >= 11 is 6.13. The molecule has 2 N–H and O–H groups in total. The van der Waals surface area contributed by atoms with Crippen LogP contribution in [0.3, 0.4) is 0 Å². The van der Waals surface area contributed by atoms with E-state index in [1.807, 2.05) is 17.0 Å². The van der Waals surface area contributed by atoms with Gasteiger partial charge in [0.15, 0.2) is 0 Å². The maximum Gasteiger partial charge on any atom is 0.231 e. The molecule has 0 heterocycles. The minimum absolute atomic E-state index is 0.219. The number of hydrogen-bond acceptors (Lipinski definition) is 3. The monoisotopic (exact) mass is 279 g/mol. The van der Waals surface area contributed by atoms with E-state index in [2.05, 4.69) is 6.92 Å². The molecule has 0 spiro atoms. The van der Waals surface area contributed by atoms with Gasteiger partial charge in [-0.2, -0.15) is 5.26 Å². The Kier molecular flexibility index (Phi) is 6.34. The van der Waals surface area contributed by atoms with Crippen molar-refractivity contribution in [2.45, 2.75) is 26.3 Å². The van der Waals surface area contributed by atoms with Crippen LogP contribution >= 0.6 is 11.6 Å². The van der Waals surface area contributed by atoms with Crippen LogP contribution < -0.4 is 5.73 Å². The van der Waals surface area contributed by atoms with E-state index < -0.39 is 0 Å². The van der Waals surface area contributed by atoms with E-state index in [0.717, 1.165) is 24.9 Å². The molecular formula is C14H18ClN3O. The second-order valence-electron chi connectivity index (χ2n) is 4.45. The Bertz CT molecular complexity index is 482. The molecule has 0 saturated carbocycles. The first-order valence-electron chi connectivity index (χ1n) is 6.26. The van der Waals surface area contributed by atoms with E-state index in [0.29, 0.717) is 17.1 Å². The van der Waals surface area contributed by atoms with Crippen LogP contribution in [0.2, 0.25) is 5.02 Å². The number of carbonyl (C=O) groups excluding carboxylic acids is 1. The van der Waals surface area contributed by atoms with Crippen molar-refractivity contribution in [2.75, 3.05) is 13.1 Å². The smallest absolute Gasteiger partial charge is 0.231 e. The molecule has 1 amide bonds. The Morgan fingerprint density at radius 2 is 2.26 bits per heavy atom. The molecule has 0 atom stereocenters. The maximum absolute atomic E-state index is 11.1. The zero-order valence-electron chi connectivity index (χ0n) is 11.0. The summed E-state index contributed by atoms with van der Waals surface area (Å²) in [5.74, 6) is -0.346. The molecule has 1 aromatic carbocycles. The molecule has 5 heteroatoms. The van der Waals surface area contributed by atoms with Gasteiger partial charge in [0.05, 0.1) is 18.2 Å². The van der Waals surface area contributed by atoms with Crippen molar-refractivity contribution >= 4 is 17.5 Å². The lowest BCUT2D eigenvalue weighted by Gasteiger charge is -2.21. The quantitative estimate of drug-likeness (QED) is 0.832. The Morgan fingerprint density at radius 3 is 2.79 bits per heavy atom. The Hall–Kier alpha value is -1.57. The number of unbranched alkanes of at least 4 members (excludes halogenated alkanes) is 1. The van der Waals surface area contributed by atoms with Crippen molar-refractivity contribution in [2.24, 2.45) is 5.73 Å². The molecule has 0 saturated heterocycles. The third-order valence-electron chi connectivity index (χ3n) is 2.78. The first kappa shape index (κ1) is 15.5. The minimum atomic E-state index is -0.346. The summed E-state index contributed by atoms with van der Waals surface area (Å²) < 4.78 is 0. The molecule has 1 rings (SSSR count). The average Bonchev–Trinajstić information content (AvgIpc) is 2.37. The van der Waals surface area contributed by atoms with Gasteiger partial charge >= 0.3 is 0 Å². The maximum atomic E-state index is 11.1. The van der Waals surface area contributed by atoms with Crippen molar-refractivity contribution in [1.82, 2.24) is 4.90 Å². The lowest BCUT2D eigenvalue weighted by molar-refractivity contribution is -0.119. The van der Waals surface area contributed by atoms with Crippen LogP contribution in [0, 0.1) is 11.3 Å². The van der Waals surface area contributed by atoms with E-state index in [1.54, 1.807) is 12.1 Å². The highest BCUT2D eigenvalue weighted by Gasteiger charge is 2.11. The van der Waals surface area contributed by atoms with Crippen molar-refractivity contribution in [3.63, 3.8) is 0 Å². The van der Waals surface area contributed by atoms with Gasteiger partial charge in [-0.15, -0.1) is 0 Å². The molecular weight excluding hydrogens is 262 g/mol. The summed E-state index contributed by atoms with van der Waals surface area (Å²) in [4.78, 5) is 13.0. The fourth-order valence-corrected chi connectivity index (χ4v) is 2.04. The number of carbonyl (C=O) groups is 1. The predicted molar refractivity (Wildman–Crippen MR) is 75.5 cm³/mol. The molecule has 1 aromatic rings. The first-order valence-corrected chi connectivity index (χ1v) is 6.63. The summed E-state index contributed by atoms with van der Waals surface area (Å²) in [6.07, 6.45) is 2.05. The van der Waals surface area contributed by atoms with Crippen LogP contribution in [-0.4, -0.2) is 23.9 Å². The van der Waals surface area contributed by atoms with Crippen molar-refractivity contribution in [3.8, 4) is 6.07 Å². The van der Waals surface area contributed by atoms with Gasteiger partial charge in [-0.05, 0) is 30.7 Å². The largest absolute Gasteiger partial charge is 0.369 e. The highest BCUT2D eigenvalue weighted by molar-refractivity contribution is 6.31. The lowest BCUT2D eigenvalue weighted by atomic mass is 10.1. The summed E-state index contributed by atoms with van der Waals surface area (Å²) in [5.41, 5.74) is 6.68. The molecule has 0 aromatic heterocycles. The Balaban J connectivity index is 2.77. The topological polar surface area (TPSA) is 70.1 Å². The van der Waals surface area contributed by atoms with Crippen LogP contribution in [0.15, 0.2) is 18.2 Å². The number of halogens is 1. The van der Waals surface area contributed by atoms with Crippen LogP contribution in [-0.2, 0) is 11.3 Å². The third-order valence-corrected chi connectivity index (χ3v) is 3.14. The number of nitrogens with zero attached hydrogens (tertiary/aromatic N) is 2. The van der Waals surface area contributed by atoms with Crippen LogP contribution in [0.4, 0.5) is 0 Å². The molecule has 0 radical (unpaired) electrons. The number of nitriles is 1. The van der Waals surface area contributed by atoms with Gasteiger partial charge in [0.25, 0.3) is 0 Å². The number of rotatable bonds is 7. The zero-order valence-corrected chi connectivity index (χ0v) is 11.8. The standard InChI is InChI=1S/C14H18ClN3O/c1-2-3-6-18(10-14(17)19)9-12-5-4-11(8-16)7-13(12)15/h4-5,7H,2-3,6,9-10H2,1H3,(H2,17,19). The molecule has 102 valence electrons. The number of nitrogens with two attached hydrogens (primary N) is 1. The van der Waals surface area contributed by atoms with Gasteiger partial charge in [0.2, 0.25) is 5.91 Å². The van der Waals surface area contributed by atoms with Crippen molar-refractivity contribution < 1.29 is 4.79 Å². The Morgan fingerprint density at radius 1 is 1.53 bits per heavy atom. The zero-order chi connectivity index (χ0) is 14.3. The van der Waals surface area contributed by atoms with Gasteiger partial charge in [0.1, 0.15) is 0 Å². The summed E-state index contributed by atoms with van der Waals surface area (Å²) in [7, 11) is 0. The summed E-state index contributed by atoms with van der Waals surface area (Å²) in [5, 5.41) is 9.34. The highest BCUT2D eigenvalue weighted by Crippen LogP contribution is 2.19. The average molecular weight is 280 g/mol. The van der Waals surface area contributed by atoms with E-state index in [-0.39, 0.29) is 12.5 Å². The highest BCUT2D eigenvalue weighted by atomic mass is 35.5. The lowest BCUT2D eigenvalue weighted by Crippen LogP contribution is -2.34. The molecule has 4 nitrogen and oxygen atoms in total. The van der Waals surface area contributed by atoms with Crippen LogP contribution in [0.1, 0.15) is 30.9 Å². The first-order chi connectivity index (χ1) is 9.06. The minimum Gasteiger partial charge on any atom is -0.369 e. The van der Waals surface area contributed by atoms with E-state index in [1.165, 1.54) is 0 Å². The van der Waals surface area contributed by atoms with Crippen LogP contribution in [0.5, 0.6) is 0 Å². The van der Waals surface area contributed by atoms with Gasteiger partial charge < -0.3 is 5.73 Å². The van der Waals surface area contributed by atoms with Gasteiger partial charge in [-0.3, -0.25) is 9.69 Å². The molecule has 0 aliphatic rings. The SMILES string of the molecule is CCCCN(CC(N)=O)Cc1ccc(C#N)cc1Cl. The predicted octanol–water partition coefficient (Wildman–Crippen LogP) is 2.30. The number of hydrogen-bond donors (Lipinski definition) is 1. The number of amides is 1. The normalized spacial score (nSPS) is 10.4. The van der Waals surface area contributed by atoms with Crippen molar-refractivity contribution in [3.05, 3.63) is 34.3 Å². The second kappa shape index (κ2) is 7.78. The van der Waals surface area contributed by atoms with Gasteiger partial charge in [0, 0.05) is 11.6 Å². The van der Waals surface area contributed by atoms with E-state index in [4.69, 9.17) is 22.6 Å². The third kappa shape index (κ3) is 5.29. The number of primary amides is 1. The van der Waals surface area contributed by atoms with Gasteiger partial charge in [-0.25, -0.2) is 0 Å². The molecule has 0 aliphatic carbocycles. The molecule has 0 aliphatic heterocycles. The summed E-state index contributed by atoms with van der Waals surface area (Å²) in [6.45, 7) is 3.68. The molecule has 0 bridgehead atoms.